The van der Waals surface area contributed by atoms with Gasteiger partial charge in [0.1, 0.15) is 11.3 Å². The number of rotatable bonds is 7. The second-order valence-corrected chi connectivity index (χ2v) is 7.91. The maximum Gasteiger partial charge on any atom is 0.254 e. The van der Waals surface area contributed by atoms with Gasteiger partial charge >= 0.3 is 0 Å². The van der Waals surface area contributed by atoms with Crippen molar-refractivity contribution < 1.29 is 9.18 Å². The minimum Gasteiger partial charge on any atom is -0.352 e. The third-order valence-corrected chi connectivity index (χ3v) is 5.54. The van der Waals surface area contributed by atoms with Crippen molar-refractivity contribution in [2.75, 3.05) is 13.1 Å². The molecule has 35 heavy (non-hydrogen) atoms. The van der Waals surface area contributed by atoms with E-state index < -0.39 is 11.7 Å². The number of pyridine rings is 2. The van der Waals surface area contributed by atoms with E-state index in [2.05, 4.69) is 31.7 Å². The van der Waals surface area contributed by atoms with Crippen LogP contribution in [0.15, 0.2) is 66.9 Å². The van der Waals surface area contributed by atoms with Crippen LogP contribution in [-0.4, -0.2) is 44.0 Å². The van der Waals surface area contributed by atoms with Crippen molar-refractivity contribution in [3.05, 3.63) is 83.8 Å². The first-order valence-electron chi connectivity index (χ1n) is 10.9. The summed E-state index contributed by atoms with van der Waals surface area (Å²) < 4.78 is 16.4. The number of nitrogens with two attached hydrogens (primary N) is 1. The molecule has 3 N–H and O–H groups in total. The van der Waals surface area contributed by atoms with Gasteiger partial charge in [-0.3, -0.25) is 9.78 Å². The van der Waals surface area contributed by atoms with Gasteiger partial charge in [-0.15, -0.1) is 5.10 Å². The SMILES string of the molecule is C.NCCCNC(=O)c1ccc(-c2ccc3nnn(Cc4ccc5ncccc5c4)c3n2)cc1F. The van der Waals surface area contributed by atoms with Gasteiger partial charge in [0, 0.05) is 23.7 Å². The zero-order valence-electron chi connectivity index (χ0n) is 18.3. The Hall–Kier alpha value is -4.24. The fourth-order valence-corrected chi connectivity index (χ4v) is 3.77. The standard InChI is InChI=1S/C25H22FN7O.CH4/c26-20-14-18(5-6-19(20)25(34)29-12-2-10-27)22-8-9-23-24(30-22)33(32-31-23)15-16-4-7-21-17(13-16)3-1-11-28-21;/h1,3-9,11,13-14H,2,10,12,15,27H2,(H,29,34);1H4. The number of hydrogen-bond acceptors (Lipinski definition) is 6. The summed E-state index contributed by atoms with van der Waals surface area (Å²) in [6, 6.07) is 18.0. The maximum atomic E-state index is 14.7. The van der Waals surface area contributed by atoms with E-state index in [1.807, 2.05) is 24.3 Å². The van der Waals surface area contributed by atoms with Gasteiger partial charge < -0.3 is 11.1 Å². The number of nitrogens with zero attached hydrogens (tertiary/aromatic N) is 5. The molecule has 0 fully saturated rings. The minimum absolute atomic E-state index is 0. The predicted molar refractivity (Wildman–Crippen MR) is 134 cm³/mol. The average molecular weight is 472 g/mol. The highest BCUT2D eigenvalue weighted by Crippen LogP contribution is 2.23. The van der Waals surface area contributed by atoms with E-state index in [-0.39, 0.29) is 13.0 Å². The van der Waals surface area contributed by atoms with Gasteiger partial charge in [0.25, 0.3) is 5.91 Å². The van der Waals surface area contributed by atoms with Crippen LogP contribution in [0, 0.1) is 5.82 Å². The lowest BCUT2D eigenvalue weighted by Gasteiger charge is -2.08. The van der Waals surface area contributed by atoms with Crippen LogP contribution < -0.4 is 11.1 Å². The van der Waals surface area contributed by atoms with Crippen LogP contribution >= 0.6 is 0 Å². The summed E-state index contributed by atoms with van der Waals surface area (Å²) >= 11 is 0. The number of nitrogens with one attached hydrogen (secondary N) is 1. The van der Waals surface area contributed by atoms with Crippen LogP contribution in [0.5, 0.6) is 0 Å². The van der Waals surface area contributed by atoms with E-state index >= 15 is 0 Å². The van der Waals surface area contributed by atoms with Crippen LogP contribution in [-0.2, 0) is 6.54 Å². The Balaban J connectivity index is 0.00000289. The molecule has 3 aromatic heterocycles. The molecule has 0 aliphatic heterocycles. The van der Waals surface area contributed by atoms with Crippen molar-refractivity contribution in [2.24, 2.45) is 5.73 Å². The fourth-order valence-electron chi connectivity index (χ4n) is 3.77. The summed E-state index contributed by atoms with van der Waals surface area (Å²) in [5.74, 6) is -1.07. The van der Waals surface area contributed by atoms with Crippen molar-refractivity contribution in [1.29, 1.82) is 0 Å². The summed E-state index contributed by atoms with van der Waals surface area (Å²) in [7, 11) is 0. The highest BCUT2D eigenvalue weighted by Gasteiger charge is 2.14. The number of halogens is 1. The second-order valence-electron chi connectivity index (χ2n) is 7.91. The largest absolute Gasteiger partial charge is 0.352 e. The molecular weight excluding hydrogens is 445 g/mol. The molecule has 0 saturated carbocycles. The number of hydrogen-bond donors (Lipinski definition) is 2. The molecule has 0 aliphatic rings. The molecule has 3 heterocycles. The number of carbonyl (C=O) groups excluding carboxylic acids is 1. The minimum atomic E-state index is -0.610. The Kier molecular flexibility index (Phi) is 7.07. The molecule has 2 aromatic carbocycles. The van der Waals surface area contributed by atoms with Gasteiger partial charge in [-0.25, -0.2) is 14.1 Å². The van der Waals surface area contributed by atoms with Crippen LogP contribution in [0.2, 0.25) is 0 Å². The van der Waals surface area contributed by atoms with E-state index in [9.17, 15) is 9.18 Å². The van der Waals surface area contributed by atoms with E-state index in [1.165, 1.54) is 12.1 Å². The Labute approximate surface area is 202 Å². The molecular formula is C26H26FN7O. The van der Waals surface area contributed by atoms with Gasteiger partial charge in [0.15, 0.2) is 5.65 Å². The van der Waals surface area contributed by atoms with Crippen LogP contribution in [0.3, 0.4) is 0 Å². The molecule has 0 aliphatic carbocycles. The second kappa shape index (κ2) is 10.4. The van der Waals surface area contributed by atoms with Gasteiger partial charge in [-0.05, 0) is 61.0 Å². The summed E-state index contributed by atoms with van der Waals surface area (Å²) in [6.45, 7) is 1.34. The lowest BCUT2D eigenvalue weighted by Crippen LogP contribution is -2.26. The molecule has 0 unspecified atom stereocenters. The Bertz CT molecular complexity index is 1500. The van der Waals surface area contributed by atoms with Crippen molar-refractivity contribution >= 4 is 28.0 Å². The van der Waals surface area contributed by atoms with E-state index in [0.717, 1.165) is 16.5 Å². The third-order valence-electron chi connectivity index (χ3n) is 5.54. The average Bonchev–Trinajstić information content (AvgIpc) is 3.26. The zero-order valence-corrected chi connectivity index (χ0v) is 18.3. The third kappa shape index (κ3) is 4.99. The van der Waals surface area contributed by atoms with Crippen molar-refractivity contribution in [3.8, 4) is 11.3 Å². The molecule has 0 saturated heterocycles. The van der Waals surface area contributed by atoms with Crippen LogP contribution in [0.25, 0.3) is 33.3 Å². The number of amides is 1. The monoisotopic (exact) mass is 471 g/mol. The molecule has 0 spiro atoms. The molecule has 1 amide bonds. The lowest BCUT2D eigenvalue weighted by atomic mass is 10.1. The van der Waals surface area contributed by atoms with E-state index in [4.69, 9.17) is 5.73 Å². The van der Waals surface area contributed by atoms with E-state index in [0.29, 0.717) is 48.5 Å². The normalized spacial score (nSPS) is 10.9. The molecule has 9 heteroatoms. The van der Waals surface area contributed by atoms with Crippen molar-refractivity contribution in [1.82, 2.24) is 30.3 Å². The van der Waals surface area contributed by atoms with Crippen LogP contribution in [0.4, 0.5) is 4.39 Å². The number of aromatic nitrogens is 5. The predicted octanol–water partition coefficient (Wildman–Crippen LogP) is 3.94. The molecule has 5 rings (SSSR count). The molecule has 8 nitrogen and oxygen atoms in total. The summed E-state index contributed by atoms with van der Waals surface area (Å²) in [5.41, 5.74) is 9.73. The van der Waals surface area contributed by atoms with Crippen molar-refractivity contribution in [2.45, 2.75) is 20.4 Å². The van der Waals surface area contributed by atoms with Crippen molar-refractivity contribution in [3.63, 3.8) is 0 Å². The quantitative estimate of drug-likeness (QED) is 0.348. The van der Waals surface area contributed by atoms with Gasteiger partial charge in [-0.1, -0.05) is 30.8 Å². The maximum absolute atomic E-state index is 14.7. The Morgan fingerprint density at radius 1 is 1.06 bits per heavy atom. The fraction of sp³-hybridized carbons (Fsp3) is 0.192. The van der Waals surface area contributed by atoms with Gasteiger partial charge in [0.2, 0.25) is 0 Å². The molecule has 178 valence electrons. The zero-order chi connectivity index (χ0) is 23.5. The van der Waals surface area contributed by atoms with E-state index in [1.54, 1.807) is 29.1 Å². The first kappa shape index (κ1) is 23.9. The summed E-state index contributed by atoms with van der Waals surface area (Å²) in [5, 5.41) is 12.2. The number of carbonyl (C=O) groups is 1. The summed E-state index contributed by atoms with van der Waals surface area (Å²) in [6.07, 6.45) is 2.40. The highest BCUT2D eigenvalue weighted by atomic mass is 19.1. The van der Waals surface area contributed by atoms with Gasteiger partial charge in [-0.2, -0.15) is 0 Å². The first-order chi connectivity index (χ1) is 16.6. The molecule has 0 atom stereocenters. The van der Waals surface area contributed by atoms with Gasteiger partial charge in [0.05, 0.1) is 23.3 Å². The molecule has 5 aromatic rings. The highest BCUT2D eigenvalue weighted by molar-refractivity contribution is 5.95. The Morgan fingerprint density at radius 3 is 2.74 bits per heavy atom. The molecule has 0 radical (unpaired) electrons. The summed E-state index contributed by atoms with van der Waals surface area (Å²) in [4.78, 5) is 21.2. The Morgan fingerprint density at radius 2 is 1.91 bits per heavy atom. The first-order valence-corrected chi connectivity index (χ1v) is 10.9. The smallest absolute Gasteiger partial charge is 0.254 e. The van der Waals surface area contributed by atoms with Crippen LogP contribution in [0.1, 0.15) is 29.8 Å². The number of fused-ring (bicyclic) bond motifs is 2. The topological polar surface area (TPSA) is 112 Å². The molecule has 0 bridgehead atoms. The lowest BCUT2D eigenvalue weighted by molar-refractivity contribution is 0.0949. The number of benzene rings is 2.